The summed E-state index contributed by atoms with van der Waals surface area (Å²) in [5, 5.41) is 10.3. The molecule has 0 bridgehead atoms. The van der Waals surface area contributed by atoms with Crippen molar-refractivity contribution >= 4 is 0 Å². The standard InChI is InChI=1S/C12H17NO3/c1-12(2,3)16-11-6-4-5-10(9-11)7-8-13(14)15/h4-6,9H,7-8H2,1-3H3. The molecule has 0 fully saturated rings. The highest BCUT2D eigenvalue weighted by molar-refractivity contribution is 5.29. The molecule has 0 aliphatic heterocycles. The molecule has 88 valence electrons. The van der Waals surface area contributed by atoms with Crippen LogP contribution in [0, 0.1) is 10.1 Å². The van der Waals surface area contributed by atoms with Gasteiger partial charge in [-0.25, -0.2) is 0 Å². The highest BCUT2D eigenvalue weighted by atomic mass is 16.6. The molecule has 0 amide bonds. The van der Waals surface area contributed by atoms with Crippen LogP contribution in [0.1, 0.15) is 26.3 Å². The van der Waals surface area contributed by atoms with Crippen LogP contribution in [0.25, 0.3) is 0 Å². The van der Waals surface area contributed by atoms with Crippen molar-refractivity contribution < 1.29 is 9.66 Å². The van der Waals surface area contributed by atoms with Crippen LogP contribution < -0.4 is 4.74 Å². The molecule has 1 rings (SSSR count). The minimum absolute atomic E-state index is 0.0427. The Balaban J connectivity index is 2.67. The average molecular weight is 223 g/mol. The van der Waals surface area contributed by atoms with Crippen LogP contribution in [-0.4, -0.2) is 17.1 Å². The molecular formula is C12H17NO3. The summed E-state index contributed by atoms with van der Waals surface area (Å²) < 4.78 is 5.68. The van der Waals surface area contributed by atoms with E-state index in [9.17, 15) is 10.1 Å². The van der Waals surface area contributed by atoms with Crippen molar-refractivity contribution in [3.8, 4) is 5.75 Å². The number of rotatable bonds is 4. The summed E-state index contributed by atoms with van der Waals surface area (Å²) in [6.07, 6.45) is 0.439. The lowest BCUT2D eigenvalue weighted by atomic mass is 10.1. The molecule has 16 heavy (non-hydrogen) atoms. The van der Waals surface area contributed by atoms with E-state index in [1.54, 1.807) is 0 Å². The van der Waals surface area contributed by atoms with Crippen LogP contribution in [-0.2, 0) is 6.42 Å². The molecule has 4 heteroatoms. The summed E-state index contributed by atoms with van der Waals surface area (Å²) in [7, 11) is 0. The van der Waals surface area contributed by atoms with E-state index in [0.717, 1.165) is 11.3 Å². The maximum Gasteiger partial charge on any atom is 0.207 e. The second-order valence-corrected chi connectivity index (χ2v) is 4.67. The quantitative estimate of drug-likeness (QED) is 0.582. The molecule has 0 saturated carbocycles. The summed E-state index contributed by atoms with van der Waals surface area (Å²) in [4.78, 5) is 9.95. The van der Waals surface area contributed by atoms with Gasteiger partial charge in [0.05, 0.1) is 0 Å². The van der Waals surface area contributed by atoms with Gasteiger partial charge in [0.25, 0.3) is 0 Å². The average Bonchev–Trinajstić information content (AvgIpc) is 2.12. The molecule has 4 nitrogen and oxygen atoms in total. The van der Waals surface area contributed by atoms with Gasteiger partial charge in [0.1, 0.15) is 11.4 Å². The molecule has 0 atom stereocenters. The van der Waals surface area contributed by atoms with Crippen molar-refractivity contribution in [2.75, 3.05) is 6.54 Å². The molecular weight excluding hydrogens is 206 g/mol. The third-order valence-electron chi connectivity index (χ3n) is 1.91. The molecule has 0 N–H and O–H groups in total. The maximum atomic E-state index is 10.3. The van der Waals surface area contributed by atoms with Crippen molar-refractivity contribution in [1.29, 1.82) is 0 Å². The van der Waals surface area contributed by atoms with E-state index in [2.05, 4.69) is 0 Å². The van der Waals surface area contributed by atoms with E-state index in [1.165, 1.54) is 0 Å². The number of nitro groups is 1. The fourth-order valence-corrected chi connectivity index (χ4v) is 1.34. The maximum absolute atomic E-state index is 10.3. The van der Waals surface area contributed by atoms with E-state index >= 15 is 0 Å². The van der Waals surface area contributed by atoms with E-state index in [0.29, 0.717) is 6.42 Å². The zero-order valence-corrected chi connectivity index (χ0v) is 9.90. The number of benzene rings is 1. The Kier molecular flexibility index (Phi) is 3.88. The van der Waals surface area contributed by atoms with Gasteiger partial charge in [-0.15, -0.1) is 0 Å². The smallest absolute Gasteiger partial charge is 0.207 e. The van der Waals surface area contributed by atoms with Gasteiger partial charge in [0.15, 0.2) is 0 Å². The largest absolute Gasteiger partial charge is 0.488 e. The van der Waals surface area contributed by atoms with E-state index in [1.807, 2.05) is 45.0 Å². The molecule has 0 aliphatic carbocycles. The Hall–Kier alpha value is -1.58. The molecule has 0 radical (unpaired) electrons. The molecule has 0 aliphatic rings. The molecule has 1 aromatic carbocycles. The minimum Gasteiger partial charge on any atom is -0.488 e. The first kappa shape index (κ1) is 12.5. The third-order valence-corrected chi connectivity index (χ3v) is 1.91. The highest BCUT2D eigenvalue weighted by Gasteiger charge is 2.11. The number of ether oxygens (including phenoxy) is 1. The molecule has 0 aromatic heterocycles. The van der Waals surface area contributed by atoms with Crippen LogP contribution in [0.15, 0.2) is 24.3 Å². The predicted octanol–water partition coefficient (Wildman–Crippen LogP) is 2.68. The number of nitrogens with zero attached hydrogens (tertiary/aromatic N) is 1. The second-order valence-electron chi connectivity index (χ2n) is 4.67. The van der Waals surface area contributed by atoms with Crippen LogP contribution >= 0.6 is 0 Å². The summed E-state index contributed by atoms with van der Waals surface area (Å²) >= 11 is 0. The number of hydrogen-bond acceptors (Lipinski definition) is 3. The zero-order chi connectivity index (χ0) is 12.2. The summed E-state index contributed by atoms with van der Waals surface area (Å²) in [5.74, 6) is 0.758. The Labute approximate surface area is 95.4 Å². The van der Waals surface area contributed by atoms with Gasteiger partial charge < -0.3 is 4.74 Å². The fourth-order valence-electron chi connectivity index (χ4n) is 1.34. The van der Waals surface area contributed by atoms with Gasteiger partial charge in [0, 0.05) is 11.3 Å². The van der Waals surface area contributed by atoms with Crippen molar-refractivity contribution in [2.45, 2.75) is 32.8 Å². The molecule has 0 heterocycles. The van der Waals surface area contributed by atoms with Crippen molar-refractivity contribution in [2.24, 2.45) is 0 Å². The van der Waals surface area contributed by atoms with E-state index in [-0.39, 0.29) is 17.1 Å². The van der Waals surface area contributed by atoms with Crippen LogP contribution in [0.3, 0.4) is 0 Å². The molecule has 1 aromatic rings. The SMILES string of the molecule is CC(C)(C)Oc1cccc(CC[N+](=O)[O-])c1. The zero-order valence-electron chi connectivity index (χ0n) is 9.90. The van der Waals surface area contributed by atoms with Crippen LogP contribution in [0.4, 0.5) is 0 Å². The van der Waals surface area contributed by atoms with Gasteiger partial charge in [-0.3, -0.25) is 10.1 Å². The van der Waals surface area contributed by atoms with Crippen molar-refractivity contribution in [3.63, 3.8) is 0 Å². The highest BCUT2D eigenvalue weighted by Crippen LogP contribution is 2.19. The van der Waals surface area contributed by atoms with Gasteiger partial charge >= 0.3 is 0 Å². The molecule has 0 spiro atoms. The van der Waals surface area contributed by atoms with Gasteiger partial charge in [0.2, 0.25) is 6.54 Å². The summed E-state index contributed by atoms with van der Waals surface area (Å²) in [6.45, 7) is 5.86. The summed E-state index contributed by atoms with van der Waals surface area (Å²) in [6, 6.07) is 7.45. The first-order chi connectivity index (χ1) is 7.37. The summed E-state index contributed by atoms with van der Waals surface area (Å²) in [5.41, 5.74) is 0.681. The molecule has 0 saturated heterocycles. The molecule has 0 unspecified atom stereocenters. The van der Waals surface area contributed by atoms with E-state index < -0.39 is 0 Å². The Bertz CT molecular complexity index is 369. The lowest BCUT2D eigenvalue weighted by molar-refractivity contribution is -0.479. The van der Waals surface area contributed by atoms with Crippen LogP contribution in [0.5, 0.6) is 5.75 Å². The Morgan fingerprint density at radius 1 is 1.38 bits per heavy atom. The second kappa shape index (κ2) is 4.96. The van der Waals surface area contributed by atoms with Gasteiger partial charge in [-0.2, -0.15) is 0 Å². The Morgan fingerprint density at radius 3 is 2.62 bits per heavy atom. The van der Waals surface area contributed by atoms with Gasteiger partial charge in [-0.05, 0) is 38.5 Å². The monoisotopic (exact) mass is 223 g/mol. The fraction of sp³-hybridized carbons (Fsp3) is 0.500. The third kappa shape index (κ3) is 4.77. The van der Waals surface area contributed by atoms with E-state index in [4.69, 9.17) is 4.74 Å². The van der Waals surface area contributed by atoms with Crippen molar-refractivity contribution in [1.82, 2.24) is 0 Å². The van der Waals surface area contributed by atoms with Crippen LogP contribution in [0.2, 0.25) is 0 Å². The lowest BCUT2D eigenvalue weighted by Gasteiger charge is -2.21. The normalized spacial score (nSPS) is 11.2. The van der Waals surface area contributed by atoms with Crippen molar-refractivity contribution in [3.05, 3.63) is 39.9 Å². The lowest BCUT2D eigenvalue weighted by Crippen LogP contribution is -2.23. The number of hydrogen-bond donors (Lipinski definition) is 0. The Morgan fingerprint density at radius 2 is 2.06 bits per heavy atom. The first-order valence-corrected chi connectivity index (χ1v) is 5.26. The minimum atomic E-state index is -0.308. The topological polar surface area (TPSA) is 52.4 Å². The first-order valence-electron chi connectivity index (χ1n) is 5.26. The predicted molar refractivity (Wildman–Crippen MR) is 62.4 cm³/mol. The van der Waals surface area contributed by atoms with Gasteiger partial charge in [-0.1, -0.05) is 12.1 Å².